The van der Waals surface area contributed by atoms with Crippen molar-refractivity contribution in [3.63, 3.8) is 0 Å². The molecule has 0 saturated heterocycles. The van der Waals surface area contributed by atoms with Gasteiger partial charge in [-0.3, -0.25) is 0 Å². The maximum atomic E-state index is 9.28. The van der Waals surface area contributed by atoms with Gasteiger partial charge in [0.25, 0.3) is 0 Å². The fourth-order valence-electron chi connectivity index (χ4n) is 8.29. The lowest BCUT2D eigenvalue weighted by Gasteiger charge is -2.11. The van der Waals surface area contributed by atoms with Gasteiger partial charge in [-0.15, -0.1) is 13.2 Å². The summed E-state index contributed by atoms with van der Waals surface area (Å²) >= 11 is 1.70. The van der Waals surface area contributed by atoms with Crippen LogP contribution < -0.4 is 0 Å². The third-order valence-electron chi connectivity index (χ3n) is 10.6. The van der Waals surface area contributed by atoms with Gasteiger partial charge in [0.1, 0.15) is 0 Å². The van der Waals surface area contributed by atoms with Crippen LogP contribution in [0.2, 0.25) is 0 Å². The number of benzene rings is 7. The fraction of sp³-hybridized carbons (Fsp3) is 0.0392. The average Bonchev–Trinajstić information content (AvgIpc) is 3.86. The number of nitrogens with zero attached hydrogens (tertiary/aromatic N) is 4. The molecule has 56 heavy (non-hydrogen) atoms. The van der Waals surface area contributed by atoms with Crippen LogP contribution in [0.15, 0.2) is 187 Å². The van der Waals surface area contributed by atoms with E-state index >= 15 is 0 Å². The van der Waals surface area contributed by atoms with Crippen molar-refractivity contribution in [1.82, 2.24) is 13.7 Å². The van der Waals surface area contributed by atoms with Gasteiger partial charge in [0.2, 0.25) is 0 Å². The lowest BCUT2D eigenvalue weighted by atomic mass is 10.1. The Balaban J connectivity index is 0.00000202. The van der Waals surface area contributed by atoms with Gasteiger partial charge in [-0.05, 0) is 111 Å². The van der Waals surface area contributed by atoms with Crippen molar-refractivity contribution in [2.75, 3.05) is 0 Å². The highest BCUT2D eigenvalue weighted by atomic mass is 32.2. The van der Waals surface area contributed by atoms with Gasteiger partial charge in [0.05, 0.1) is 39.2 Å². The molecule has 0 N–H and O–H groups in total. The number of hydrogen-bond acceptors (Lipinski definition) is 2. The summed E-state index contributed by atoms with van der Waals surface area (Å²) in [5.74, 6) is 0. The molecule has 0 aliphatic carbocycles. The number of rotatable bonds is 6. The smallest absolute Gasteiger partial charge is 0.0991 e. The molecule has 3 heterocycles. The van der Waals surface area contributed by atoms with E-state index in [-0.39, 0.29) is 0 Å². The SMILES string of the molecule is C/C=C\c1c(C)n(-c2ccccc2)c2cc3c4ccc5c(c6ccccc6n5-c5ccccc5)c4n(-c4ccc(Sc5ccc(C#N)cc5)cc4)c3cc12.C=C. The molecule has 0 aliphatic heterocycles. The van der Waals surface area contributed by atoms with E-state index in [4.69, 9.17) is 0 Å². The Morgan fingerprint density at radius 2 is 1.11 bits per heavy atom. The van der Waals surface area contributed by atoms with Crippen LogP contribution in [0.3, 0.4) is 0 Å². The quantitative estimate of drug-likeness (QED) is 0.159. The highest BCUT2D eigenvalue weighted by Gasteiger charge is 2.23. The Morgan fingerprint density at radius 3 is 1.77 bits per heavy atom. The standard InChI is InChI=1S/C49H34N4S.C2H4/c1-3-12-39-32(2)51(34-13-6-4-7-14-34)46-30-43-40-27-28-45-48(41-17-10-11-18-44(41)52(45)35-15-8-5-9-16-35)49(40)53(47(43)29-42(39)46)36-21-25-38(26-22-36)54-37-23-19-33(31-50)20-24-37;1-2/h3-30H,1-2H3;1-2H2/b12-3-;. The van der Waals surface area contributed by atoms with Gasteiger partial charge in [-0.2, -0.15) is 5.26 Å². The van der Waals surface area contributed by atoms with E-state index in [0.29, 0.717) is 5.56 Å². The molecule has 10 rings (SSSR count). The Morgan fingerprint density at radius 1 is 0.536 bits per heavy atom. The third kappa shape index (κ3) is 5.54. The zero-order valence-corrected chi connectivity index (χ0v) is 32.1. The number of para-hydroxylation sites is 3. The summed E-state index contributed by atoms with van der Waals surface area (Å²) in [7, 11) is 0. The molecule has 0 fully saturated rings. The molecule has 7 aromatic carbocycles. The van der Waals surface area contributed by atoms with Gasteiger partial charge in [0.15, 0.2) is 0 Å². The van der Waals surface area contributed by atoms with Gasteiger partial charge in [-0.25, -0.2) is 0 Å². The second kappa shape index (κ2) is 14.3. The van der Waals surface area contributed by atoms with Crippen molar-refractivity contribution in [3.8, 4) is 23.1 Å². The van der Waals surface area contributed by atoms with Crippen LogP contribution in [0.5, 0.6) is 0 Å². The van der Waals surface area contributed by atoms with E-state index in [1.165, 1.54) is 65.8 Å². The molecule has 10 aromatic rings. The average molecular weight is 739 g/mol. The van der Waals surface area contributed by atoms with Crippen molar-refractivity contribution in [2.45, 2.75) is 23.6 Å². The van der Waals surface area contributed by atoms with Crippen LogP contribution in [0, 0.1) is 18.3 Å². The first-order valence-corrected chi connectivity index (χ1v) is 19.5. The zero-order chi connectivity index (χ0) is 38.3. The first-order chi connectivity index (χ1) is 27.6. The van der Waals surface area contributed by atoms with Crippen LogP contribution in [0.25, 0.3) is 77.7 Å². The highest BCUT2D eigenvalue weighted by molar-refractivity contribution is 7.99. The molecular weight excluding hydrogens is 701 g/mol. The molecule has 0 saturated carbocycles. The molecular formula is C51H38N4S. The molecule has 0 radical (unpaired) electrons. The molecule has 0 amide bonds. The second-order valence-electron chi connectivity index (χ2n) is 13.7. The monoisotopic (exact) mass is 738 g/mol. The van der Waals surface area contributed by atoms with Crippen LogP contribution in [-0.4, -0.2) is 13.7 Å². The minimum absolute atomic E-state index is 0.669. The number of hydrogen-bond donors (Lipinski definition) is 0. The predicted octanol–water partition coefficient (Wildman–Crippen LogP) is 14.0. The molecule has 0 aliphatic rings. The summed E-state index contributed by atoms with van der Waals surface area (Å²) in [6, 6.07) is 58.5. The van der Waals surface area contributed by atoms with Gasteiger partial charge in [0, 0.05) is 65.0 Å². The first kappa shape index (κ1) is 34.7. The maximum Gasteiger partial charge on any atom is 0.0991 e. The van der Waals surface area contributed by atoms with Crippen molar-refractivity contribution >= 4 is 72.4 Å². The van der Waals surface area contributed by atoms with Crippen molar-refractivity contribution in [3.05, 3.63) is 194 Å². The molecule has 0 bridgehead atoms. The van der Waals surface area contributed by atoms with Crippen LogP contribution in [0.4, 0.5) is 0 Å². The first-order valence-electron chi connectivity index (χ1n) is 18.7. The number of aromatic nitrogens is 3. The Kier molecular flexibility index (Phi) is 8.90. The summed E-state index contributed by atoms with van der Waals surface area (Å²) in [6.07, 6.45) is 4.39. The van der Waals surface area contributed by atoms with Gasteiger partial charge >= 0.3 is 0 Å². The zero-order valence-electron chi connectivity index (χ0n) is 31.3. The fourth-order valence-corrected chi connectivity index (χ4v) is 9.11. The summed E-state index contributed by atoms with van der Waals surface area (Å²) in [5.41, 5.74) is 12.4. The molecule has 0 unspecified atom stereocenters. The maximum absolute atomic E-state index is 9.28. The van der Waals surface area contributed by atoms with Crippen LogP contribution in [-0.2, 0) is 0 Å². The lowest BCUT2D eigenvalue weighted by Crippen LogP contribution is -1.96. The second-order valence-corrected chi connectivity index (χ2v) is 14.8. The molecule has 4 nitrogen and oxygen atoms in total. The Bertz CT molecular complexity index is 3140. The predicted molar refractivity (Wildman–Crippen MR) is 238 cm³/mol. The summed E-state index contributed by atoms with van der Waals surface area (Å²) in [6.45, 7) is 10.3. The van der Waals surface area contributed by atoms with Crippen LogP contribution >= 0.6 is 11.8 Å². The van der Waals surface area contributed by atoms with Crippen molar-refractivity contribution in [2.24, 2.45) is 0 Å². The van der Waals surface area contributed by atoms with Crippen LogP contribution in [0.1, 0.15) is 23.7 Å². The summed E-state index contributed by atoms with van der Waals surface area (Å²) in [4.78, 5) is 2.25. The van der Waals surface area contributed by atoms with Crippen molar-refractivity contribution in [1.29, 1.82) is 5.26 Å². The van der Waals surface area contributed by atoms with E-state index < -0.39 is 0 Å². The summed E-state index contributed by atoms with van der Waals surface area (Å²) in [5, 5.41) is 15.4. The van der Waals surface area contributed by atoms with E-state index in [0.717, 1.165) is 26.9 Å². The molecule has 268 valence electrons. The number of nitriles is 1. The van der Waals surface area contributed by atoms with Gasteiger partial charge in [-0.1, -0.05) is 84.6 Å². The minimum atomic E-state index is 0.669. The topological polar surface area (TPSA) is 38.6 Å². The molecule has 5 heteroatoms. The largest absolute Gasteiger partial charge is 0.313 e. The number of allylic oxidation sites excluding steroid dienone is 1. The van der Waals surface area contributed by atoms with E-state index in [2.05, 4.69) is 192 Å². The Hall–Kier alpha value is -7.00. The molecule has 0 spiro atoms. The highest BCUT2D eigenvalue weighted by Crippen LogP contribution is 2.44. The molecule has 0 atom stereocenters. The molecule has 3 aromatic heterocycles. The third-order valence-corrected chi connectivity index (χ3v) is 11.6. The minimum Gasteiger partial charge on any atom is -0.313 e. The number of fused-ring (bicyclic) bond motifs is 8. The van der Waals surface area contributed by atoms with E-state index in [1.54, 1.807) is 11.8 Å². The van der Waals surface area contributed by atoms with Crippen molar-refractivity contribution < 1.29 is 0 Å². The van der Waals surface area contributed by atoms with E-state index in [1.807, 2.05) is 24.3 Å². The lowest BCUT2D eigenvalue weighted by molar-refractivity contribution is 1.05. The van der Waals surface area contributed by atoms with E-state index in [9.17, 15) is 5.26 Å². The van der Waals surface area contributed by atoms with Gasteiger partial charge < -0.3 is 13.7 Å². The summed E-state index contributed by atoms with van der Waals surface area (Å²) < 4.78 is 7.29. The normalized spacial score (nSPS) is 11.5. The Labute approximate surface area is 330 Å².